The minimum absolute atomic E-state index is 0.0233. The lowest BCUT2D eigenvalue weighted by atomic mass is 9.86. The summed E-state index contributed by atoms with van der Waals surface area (Å²) < 4.78 is 12.7. The van der Waals surface area contributed by atoms with Crippen molar-refractivity contribution in [3.8, 4) is 11.5 Å². The van der Waals surface area contributed by atoms with Crippen LogP contribution >= 0.6 is 0 Å². The number of hydrogen-bond donors (Lipinski definition) is 0. The van der Waals surface area contributed by atoms with Crippen LogP contribution in [0.2, 0.25) is 0 Å². The predicted octanol–water partition coefficient (Wildman–Crippen LogP) is 4.18. The number of carbonyl (C=O) groups is 1. The van der Waals surface area contributed by atoms with Crippen molar-refractivity contribution in [1.29, 1.82) is 0 Å². The van der Waals surface area contributed by atoms with E-state index in [0.717, 1.165) is 42.0 Å². The molecule has 0 fully saturated rings. The zero-order valence-corrected chi connectivity index (χ0v) is 17.3. The van der Waals surface area contributed by atoms with Crippen LogP contribution in [0.15, 0.2) is 48.5 Å². The third-order valence-electron chi connectivity index (χ3n) is 6.10. The molecule has 0 saturated carbocycles. The zero-order chi connectivity index (χ0) is 20.7. The van der Waals surface area contributed by atoms with E-state index in [2.05, 4.69) is 29.4 Å². The normalized spacial score (nSPS) is 16.9. The fourth-order valence-electron chi connectivity index (χ4n) is 4.42. The van der Waals surface area contributed by atoms with Crippen molar-refractivity contribution in [3.63, 3.8) is 0 Å². The summed E-state index contributed by atoms with van der Waals surface area (Å²) in [5, 5.41) is 4.46. The lowest BCUT2D eigenvalue weighted by molar-refractivity contribution is 0.0631. The Morgan fingerprint density at radius 1 is 1.17 bits per heavy atom. The maximum Gasteiger partial charge on any atom is 0.275 e. The van der Waals surface area contributed by atoms with Crippen molar-refractivity contribution in [3.05, 3.63) is 76.6 Å². The molecule has 1 aromatic heterocycles. The highest BCUT2D eigenvalue weighted by molar-refractivity contribution is 5.92. The molecule has 6 heteroatoms. The van der Waals surface area contributed by atoms with E-state index < -0.39 is 0 Å². The quantitative estimate of drug-likeness (QED) is 0.656. The fourth-order valence-corrected chi connectivity index (χ4v) is 4.42. The highest BCUT2D eigenvalue weighted by atomic mass is 16.7. The summed E-state index contributed by atoms with van der Waals surface area (Å²) in [6.07, 6.45) is 3.06. The maximum atomic E-state index is 13.7. The Balaban J connectivity index is 1.53. The number of rotatable bonds is 4. The standard InChI is InChI=1S/C24H25N3O3/c1-16-12-20(25-26(16)2)24(28)27(14-17-10-11-22-23(13-17)30-15-29-22)21-9-5-7-18-6-3-4-8-19(18)21/h3-4,6,8,10-13,21H,5,7,9,14-15H2,1-2H3/t21-/m1/s1. The van der Waals surface area contributed by atoms with Crippen molar-refractivity contribution in [2.45, 2.75) is 38.8 Å². The number of carbonyl (C=O) groups excluding carboxylic acids is 1. The van der Waals surface area contributed by atoms with E-state index in [1.54, 1.807) is 4.68 Å². The van der Waals surface area contributed by atoms with E-state index in [4.69, 9.17) is 9.47 Å². The first-order chi connectivity index (χ1) is 14.6. The van der Waals surface area contributed by atoms with Gasteiger partial charge in [0.25, 0.3) is 5.91 Å². The van der Waals surface area contributed by atoms with Crippen molar-refractivity contribution >= 4 is 5.91 Å². The molecule has 0 bridgehead atoms. The Bertz CT molecular complexity index is 1090. The van der Waals surface area contributed by atoms with Gasteiger partial charge in [0.15, 0.2) is 17.2 Å². The van der Waals surface area contributed by atoms with Gasteiger partial charge < -0.3 is 14.4 Å². The molecule has 2 heterocycles. The first-order valence-electron chi connectivity index (χ1n) is 10.4. The number of nitrogens with zero attached hydrogens (tertiary/aromatic N) is 3. The second-order valence-electron chi connectivity index (χ2n) is 8.02. The molecular formula is C24H25N3O3. The van der Waals surface area contributed by atoms with Gasteiger partial charge >= 0.3 is 0 Å². The van der Waals surface area contributed by atoms with Gasteiger partial charge in [-0.05, 0) is 61.1 Å². The summed E-state index contributed by atoms with van der Waals surface area (Å²) >= 11 is 0. The molecule has 0 radical (unpaired) electrons. The SMILES string of the molecule is Cc1cc(C(=O)N(Cc2ccc3c(c2)OCO3)[C@@H]2CCCc3ccccc32)nn1C. The summed E-state index contributed by atoms with van der Waals surface area (Å²) in [6, 6.07) is 16.3. The van der Waals surface area contributed by atoms with Gasteiger partial charge in [0.05, 0.1) is 6.04 Å². The molecular weight excluding hydrogens is 378 g/mol. The number of benzene rings is 2. The van der Waals surface area contributed by atoms with Crippen molar-refractivity contribution < 1.29 is 14.3 Å². The van der Waals surface area contributed by atoms with E-state index in [9.17, 15) is 4.79 Å². The Hall–Kier alpha value is -3.28. The summed E-state index contributed by atoms with van der Waals surface area (Å²) in [7, 11) is 1.87. The largest absolute Gasteiger partial charge is 0.454 e. The second kappa shape index (κ2) is 7.52. The Morgan fingerprint density at radius 2 is 2.00 bits per heavy atom. The lowest BCUT2D eigenvalue weighted by Crippen LogP contribution is -2.36. The topological polar surface area (TPSA) is 56.6 Å². The molecule has 3 aromatic rings. The molecule has 154 valence electrons. The van der Waals surface area contributed by atoms with Crippen LogP contribution in [0.1, 0.15) is 51.8 Å². The smallest absolute Gasteiger partial charge is 0.275 e. The Labute approximate surface area is 176 Å². The number of ether oxygens (including phenoxy) is 2. The fraction of sp³-hybridized carbons (Fsp3) is 0.333. The minimum Gasteiger partial charge on any atom is -0.454 e. The molecule has 6 nitrogen and oxygen atoms in total. The highest BCUT2D eigenvalue weighted by Gasteiger charge is 2.31. The van der Waals surface area contributed by atoms with Gasteiger partial charge in [0.1, 0.15) is 0 Å². The second-order valence-corrected chi connectivity index (χ2v) is 8.02. The molecule has 2 aliphatic rings. The van der Waals surface area contributed by atoms with Gasteiger partial charge in [-0.1, -0.05) is 30.3 Å². The van der Waals surface area contributed by atoms with Gasteiger partial charge in [-0.3, -0.25) is 9.48 Å². The third kappa shape index (κ3) is 3.32. The van der Waals surface area contributed by atoms with Gasteiger partial charge in [-0.25, -0.2) is 0 Å². The van der Waals surface area contributed by atoms with E-state index in [1.165, 1.54) is 11.1 Å². The minimum atomic E-state index is -0.0435. The van der Waals surface area contributed by atoms with Crippen molar-refractivity contribution in [2.24, 2.45) is 7.05 Å². The third-order valence-corrected chi connectivity index (χ3v) is 6.10. The number of aromatic nitrogens is 2. The lowest BCUT2D eigenvalue weighted by Gasteiger charge is -2.36. The zero-order valence-electron chi connectivity index (χ0n) is 17.3. The van der Waals surface area contributed by atoms with E-state index >= 15 is 0 Å². The van der Waals surface area contributed by atoms with Gasteiger partial charge in [0.2, 0.25) is 6.79 Å². The average molecular weight is 403 g/mol. The molecule has 1 aliphatic carbocycles. The summed E-state index contributed by atoms with van der Waals surface area (Å²) in [6.45, 7) is 2.69. The first-order valence-corrected chi connectivity index (χ1v) is 10.4. The molecule has 0 unspecified atom stereocenters. The predicted molar refractivity (Wildman–Crippen MR) is 113 cm³/mol. The van der Waals surface area contributed by atoms with Crippen LogP contribution in [-0.4, -0.2) is 27.4 Å². The van der Waals surface area contributed by atoms with E-state index in [-0.39, 0.29) is 18.7 Å². The van der Waals surface area contributed by atoms with Crippen LogP contribution in [0, 0.1) is 6.92 Å². The van der Waals surface area contributed by atoms with Crippen molar-refractivity contribution in [1.82, 2.24) is 14.7 Å². The number of aryl methyl sites for hydroxylation is 3. The Kier molecular flexibility index (Phi) is 4.69. The van der Waals surface area contributed by atoms with Crippen LogP contribution in [-0.2, 0) is 20.0 Å². The highest BCUT2D eigenvalue weighted by Crippen LogP contribution is 2.37. The van der Waals surface area contributed by atoms with Crippen LogP contribution in [0.4, 0.5) is 0 Å². The molecule has 1 atom stereocenters. The van der Waals surface area contributed by atoms with Crippen molar-refractivity contribution in [2.75, 3.05) is 6.79 Å². The molecule has 0 N–H and O–H groups in total. The first kappa shape index (κ1) is 18.7. The van der Waals surface area contributed by atoms with Gasteiger partial charge in [-0.15, -0.1) is 0 Å². The number of amides is 1. The van der Waals surface area contributed by atoms with Gasteiger partial charge in [-0.2, -0.15) is 5.10 Å². The van der Waals surface area contributed by atoms with Crippen LogP contribution < -0.4 is 9.47 Å². The van der Waals surface area contributed by atoms with Crippen LogP contribution in [0.3, 0.4) is 0 Å². The molecule has 1 amide bonds. The molecule has 0 spiro atoms. The number of fused-ring (bicyclic) bond motifs is 2. The summed E-state index contributed by atoms with van der Waals surface area (Å²) in [5.74, 6) is 1.44. The van der Waals surface area contributed by atoms with Crippen LogP contribution in [0.25, 0.3) is 0 Å². The molecule has 5 rings (SSSR count). The van der Waals surface area contributed by atoms with E-state index in [0.29, 0.717) is 12.2 Å². The van der Waals surface area contributed by atoms with Gasteiger partial charge in [0, 0.05) is 19.3 Å². The summed E-state index contributed by atoms with van der Waals surface area (Å²) in [4.78, 5) is 15.6. The molecule has 2 aromatic carbocycles. The average Bonchev–Trinajstić information content (AvgIpc) is 3.37. The van der Waals surface area contributed by atoms with Crippen LogP contribution in [0.5, 0.6) is 11.5 Å². The monoisotopic (exact) mass is 403 g/mol. The van der Waals surface area contributed by atoms with E-state index in [1.807, 2.05) is 43.1 Å². The molecule has 30 heavy (non-hydrogen) atoms. The maximum absolute atomic E-state index is 13.7. The number of hydrogen-bond acceptors (Lipinski definition) is 4. The Morgan fingerprint density at radius 3 is 2.83 bits per heavy atom. The molecule has 1 aliphatic heterocycles. The molecule has 0 saturated heterocycles. The summed E-state index contributed by atoms with van der Waals surface area (Å²) in [5.41, 5.74) is 5.03.